The van der Waals surface area contributed by atoms with Crippen molar-refractivity contribution >= 4 is 28.3 Å². The topological polar surface area (TPSA) is 71.8 Å². The summed E-state index contributed by atoms with van der Waals surface area (Å²) in [6.45, 7) is 0. The number of thioether (sulfide) groups is 1. The van der Waals surface area contributed by atoms with E-state index in [4.69, 9.17) is 4.74 Å². The Labute approximate surface area is 144 Å². The summed E-state index contributed by atoms with van der Waals surface area (Å²) in [5, 5.41) is 10.3. The van der Waals surface area contributed by atoms with E-state index in [2.05, 4.69) is 9.98 Å². The van der Waals surface area contributed by atoms with Crippen LogP contribution in [0.1, 0.15) is 11.1 Å². The molecule has 0 bridgehead atoms. The second kappa shape index (κ2) is 7.31. The van der Waals surface area contributed by atoms with E-state index in [9.17, 15) is 9.90 Å². The smallest absolute Gasteiger partial charge is 0.354 e. The molecule has 0 amide bonds. The number of nitrogens with zero attached hydrogens (tertiary/aromatic N) is 2. The van der Waals surface area contributed by atoms with E-state index in [-0.39, 0.29) is 5.70 Å². The Hall–Kier alpha value is -2.60. The highest BCUT2D eigenvalue weighted by molar-refractivity contribution is 8.14. The van der Waals surface area contributed by atoms with E-state index >= 15 is 0 Å². The van der Waals surface area contributed by atoms with Gasteiger partial charge in [-0.25, -0.2) is 9.79 Å². The van der Waals surface area contributed by atoms with Crippen LogP contribution in [0.25, 0.3) is 5.57 Å². The number of aliphatic imine (C=N–C) groups is 1. The van der Waals surface area contributed by atoms with Gasteiger partial charge in [0.15, 0.2) is 5.70 Å². The van der Waals surface area contributed by atoms with Crippen molar-refractivity contribution in [3.63, 3.8) is 0 Å². The third-order valence-electron chi connectivity index (χ3n) is 3.65. The highest BCUT2D eigenvalue weighted by atomic mass is 32.2. The first kappa shape index (κ1) is 16.3. The Morgan fingerprint density at radius 1 is 1.21 bits per heavy atom. The van der Waals surface area contributed by atoms with Crippen LogP contribution in [0.2, 0.25) is 0 Å². The van der Waals surface area contributed by atoms with Crippen molar-refractivity contribution in [2.24, 2.45) is 4.99 Å². The molecule has 1 N–H and O–H groups in total. The van der Waals surface area contributed by atoms with E-state index in [0.717, 1.165) is 27.5 Å². The van der Waals surface area contributed by atoms with Crippen LogP contribution >= 0.6 is 11.8 Å². The van der Waals surface area contributed by atoms with Gasteiger partial charge in [0.05, 0.1) is 12.2 Å². The van der Waals surface area contributed by atoms with Crippen LogP contribution < -0.4 is 4.74 Å². The number of pyridine rings is 1. The molecule has 0 fully saturated rings. The number of rotatable bonds is 5. The van der Waals surface area contributed by atoms with Gasteiger partial charge in [-0.3, -0.25) is 4.98 Å². The van der Waals surface area contributed by atoms with E-state index in [1.807, 2.05) is 36.4 Å². The Kier molecular flexibility index (Phi) is 4.96. The van der Waals surface area contributed by atoms with Crippen LogP contribution in [0.3, 0.4) is 0 Å². The second-order valence-electron chi connectivity index (χ2n) is 5.19. The SMILES string of the molecule is COc1ccc(CC2=NC(C(=O)O)=C(c3ccncc3)CS2)cc1. The molecule has 1 aliphatic rings. The number of hydrogen-bond acceptors (Lipinski definition) is 5. The molecule has 6 heteroatoms. The van der Waals surface area contributed by atoms with Gasteiger partial charge in [-0.1, -0.05) is 12.1 Å². The zero-order chi connectivity index (χ0) is 16.9. The fourth-order valence-corrected chi connectivity index (χ4v) is 3.45. The number of hydrogen-bond donors (Lipinski definition) is 1. The summed E-state index contributed by atoms with van der Waals surface area (Å²) >= 11 is 1.57. The normalized spacial score (nSPS) is 14.3. The summed E-state index contributed by atoms with van der Waals surface area (Å²) in [6.07, 6.45) is 3.92. The summed E-state index contributed by atoms with van der Waals surface area (Å²) in [5.74, 6) is 0.373. The van der Waals surface area contributed by atoms with Crippen molar-refractivity contribution in [3.05, 3.63) is 65.6 Å². The van der Waals surface area contributed by atoms with E-state index in [0.29, 0.717) is 12.2 Å². The maximum Gasteiger partial charge on any atom is 0.354 e. The highest BCUT2D eigenvalue weighted by Gasteiger charge is 2.22. The standard InChI is InChI=1S/C18H16N2O3S/c1-23-14-4-2-12(3-5-14)10-16-20-17(18(21)22)15(11-24-16)13-6-8-19-9-7-13/h2-9H,10-11H2,1H3,(H,21,22). The van der Waals surface area contributed by atoms with Gasteiger partial charge < -0.3 is 9.84 Å². The molecule has 0 unspecified atom stereocenters. The van der Waals surface area contributed by atoms with Gasteiger partial charge in [-0.2, -0.15) is 0 Å². The van der Waals surface area contributed by atoms with Crippen molar-refractivity contribution in [1.29, 1.82) is 0 Å². The fraction of sp³-hybridized carbons (Fsp3) is 0.167. The van der Waals surface area contributed by atoms with Crippen molar-refractivity contribution in [3.8, 4) is 5.75 Å². The largest absolute Gasteiger partial charge is 0.497 e. The maximum absolute atomic E-state index is 11.6. The Balaban J connectivity index is 1.88. The van der Waals surface area contributed by atoms with Crippen LogP contribution in [-0.4, -0.2) is 34.0 Å². The highest BCUT2D eigenvalue weighted by Crippen LogP contribution is 2.31. The third kappa shape index (κ3) is 3.65. The second-order valence-corrected chi connectivity index (χ2v) is 6.24. The average molecular weight is 340 g/mol. The van der Waals surface area contributed by atoms with Crippen LogP contribution in [0, 0.1) is 0 Å². The predicted octanol–water partition coefficient (Wildman–Crippen LogP) is 3.27. The first-order chi connectivity index (χ1) is 11.7. The molecule has 122 valence electrons. The van der Waals surface area contributed by atoms with Crippen molar-refractivity contribution in [1.82, 2.24) is 4.98 Å². The summed E-state index contributed by atoms with van der Waals surface area (Å²) in [4.78, 5) is 20.0. The van der Waals surface area contributed by atoms with Gasteiger partial charge in [0.25, 0.3) is 0 Å². The van der Waals surface area contributed by atoms with Crippen LogP contribution in [0.15, 0.2) is 59.5 Å². The quantitative estimate of drug-likeness (QED) is 0.904. The maximum atomic E-state index is 11.6. The van der Waals surface area contributed by atoms with Crippen LogP contribution in [-0.2, 0) is 11.2 Å². The molecule has 2 heterocycles. The Bertz CT molecular complexity index is 799. The predicted molar refractivity (Wildman–Crippen MR) is 95.4 cm³/mol. The van der Waals surface area contributed by atoms with E-state index in [1.54, 1.807) is 31.3 Å². The van der Waals surface area contributed by atoms with Gasteiger partial charge >= 0.3 is 5.97 Å². The van der Waals surface area contributed by atoms with Gasteiger partial charge in [-0.15, -0.1) is 11.8 Å². The molecule has 0 atom stereocenters. The van der Waals surface area contributed by atoms with Crippen LogP contribution in [0.4, 0.5) is 0 Å². The van der Waals surface area contributed by atoms with Crippen LogP contribution in [0.5, 0.6) is 5.75 Å². The molecule has 0 radical (unpaired) electrons. The van der Waals surface area contributed by atoms with E-state index < -0.39 is 5.97 Å². The lowest BCUT2D eigenvalue weighted by Crippen LogP contribution is -2.13. The number of methoxy groups -OCH3 is 1. The number of carboxylic acids is 1. The molecule has 24 heavy (non-hydrogen) atoms. The number of aliphatic carboxylic acids is 1. The monoisotopic (exact) mass is 340 g/mol. The molecule has 0 saturated heterocycles. The zero-order valence-electron chi connectivity index (χ0n) is 13.1. The molecule has 2 aromatic rings. The number of carboxylic acid groups (broad SMARTS) is 1. The lowest BCUT2D eigenvalue weighted by atomic mass is 10.1. The molecule has 1 aromatic heterocycles. The number of aromatic nitrogens is 1. The first-order valence-electron chi connectivity index (χ1n) is 7.37. The zero-order valence-corrected chi connectivity index (χ0v) is 13.9. The molecule has 0 saturated carbocycles. The molecular weight excluding hydrogens is 324 g/mol. The first-order valence-corrected chi connectivity index (χ1v) is 8.36. The molecule has 1 aromatic carbocycles. The summed E-state index contributed by atoms with van der Waals surface area (Å²) in [7, 11) is 1.63. The lowest BCUT2D eigenvalue weighted by molar-refractivity contribution is -0.132. The minimum Gasteiger partial charge on any atom is -0.497 e. The number of carbonyl (C=O) groups is 1. The van der Waals surface area contributed by atoms with Gasteiger partial charge in [-0.05, 0) is 35.4 Å². The van der Waals surface area contributed by atoms with Crippen molar-refractivity contribution in [2.45, 2.75) is 6.42 Å². The number of benzene rings is 1. The molecule has 5 nitrogen and oxygen atoms in total. The van der Waals surface area contributed by atoms with E-state index in [1.165, 1.54) is 0 Å². The minimum atomic E-state index is -1.01. The minimum absolute atomic E-state index is 0.114. The van der Waals surface area contributed by atoms with Crippen molar-refractivity contribution < 1.29 is 14.6 Å². The van der Waals surface area contributed by atoms with Gasteiger partial charge in [0, 0.05) is 30.1 Å². The van der Waals surface area contributed by atoms with Gasteiger partial charge in [0.2, 0.25) is 0 Å². The molecule has 1 aliphatic heterocycles. The Morgan fingerprint density at radius 2 is 1.92 bits per heavy atom. The molecule has 0 spiro atoms. The van der Waals surface area contributed by atoms with Crippen molar-refractivity contribution in [2.75, 3.05) is 12.9 Å². The Morgan fingerprint density at radius 3 is 2.54 bits per heavy atom. The summed E-state index contributed by atoms with van der Waals surface area (Å²) in [6, 6.07) is 11.3. The lowest BCUT2D eigenvalue weighted by Gasteiger charge is -2.17. The summed E-state index contributed by atoms with van der Waals surface area (Å²) < 4.78 is 5.15. The average Bonchev–Trinajstić information content (AvgIpc) is 2.63. The number of ether oxygens (including phenoxy) is 1. The third-order valence-corrected chi connectivity index (χ3v) is 4.65. The van der Waals surface area contributed by atoms with Gasteiger partial charge in [0.1, 0.15) is 5.75 Å². The molecule has 0 aliphatic carbocycles. The fourth-order valence-electron chi connectivity index (χ4n) is 2.41. The molecule has 3 rings (SSSR count). The molecular formula is C18H16N2O3S. The summed E-state index contributed by atoms with van der Waals surface area (Å²) in [5.41, 5.74) is 2.76.